The Bertz CT molecular complexity index is 1090. The molecular weight excluding hydrogens is 399 g/mol. The van der Waals surface area contributed by atoms with Gasteiger partial charge in [0.15, 0.2) is 0 Å². The molecule has 1 N–H and O–H groups in total. The lowest BCUT2D eigenvalue weighted by Gasteiger charge is -2.26. The van der Waals surface area contributed by atoms with Crippen molar-refractivity contribution < 1.29 is 14.0 Å². The maximum absolute atomic E-state index is 14.1. The van der Waals surface area contributed by atoms with Crippen LogP contribution in [0.2, 0.25) is 0 Å². The second kappa shape index (κ2) is 8.71. The molecule has 1 fully saturated rings. The highest BCUT2D eigenvalue weighted by Gasteiger charge is 2.35. The Morgan fingerprint density at radius 1 is 1.10 bits per heavy atom. The Labute approximate surface area is 179 Å². The van der Waals surface area contributed by atoms with Gasteiger partial charge in [0.05, 0.1) is 17.9 Å². The van der Waals surface area contributed by atoms with E-state index >= 15 is 0 Å². The topological polar surface area (TPSA) is 49.4 Å². The van der Waals surface area contributed by atoms with Crippen LogP contribution in [0.3, 0.4) is 0 Å². The summed E-state index contributed by atoms with van der Waals surface area (Å²) < 4.78 is 14.1. The molecule has 3 aromatic rings. The van der Waals surface area contributed by atoms with Crippen LogP contribution in [-0.2, 0) is 16.0 Å². The number of amides is 2. The van der Waals surface area contributed by atoms with Gasteiger partial charge in [0, 0.05) is 11.3 Å². The molecule has 0 aromatic heterocycles. The van der Waals surface area contributed by atoms with E-state index in [1.807, 2.05) is 54.6 Å². The summed E-state index contributed by atoms with van der Waals surface area (Å²) in [5, 5.41) is 2.65. The largest absolute Gasteiger partial charge is 0.326 e. The summed E-state index contributed by atoms with van der Waals surface area (Å²) in [4.78, 5) is 26.7. The van der Waals surface area contributed by atoms with Gasteiger partial charge in [-0.2, -0.15) is 0 Å². The Hall–Kier alpha value is -3.12. The third kappa shape index (κ3) is 4.24. The predicted molar refractivity (Wildman–Crippen MR) is 119 cm³/mol. The van der Waals surface area contributed by atoms with Gasteiger partial charge in [-0.05, 0) is 42.3 Å². The van der Waals surface area contributed by atoms with E-state index in [1.54, 1.807) is 24.0 Å². The van der Waals surface area contributed by atoms with Crippen molar-refractivity contribution in [2.75, 3.05) is 16.0 Å². The number of carbonyl (C=O) groups is 2. The normalized spacial score (nSPS) is 16.0. The van der Waals surface area contributed by atoms with Crippen LogP contribution >= 0.6 is 11.8 Å². The summed E-state index contributed by atoms with van der Waals surface area (Å²) in [5.41, 5.74) is 3.52. The van der Waals surface area contributed by atoms with Crippen LogP contribution in [0.15, 0.2) is 72.8 Å². The number of nitrogens with one attached hydrogen (secondary N) is 1. The van der Waals surface area contributed by atoms with Crippen molar-refractivity contribution in [3.63, 3.8) is 0 Å². The minimum Gasteiger partial charge on any atom is -0.326 e. The van der Waals surface area contributed by atoms with Crippen LogP contribution < -0.4 is 10.2 Å². The van der Waals surface area contributed by atoms with Crippen molar-refractivity contribution >= 4 is 35.0 Å². The number of hydrogen-bond acceptors (Lipinski definition) is 3. The molecule has 1 saturated heterocycles. The lowest BCUT2D eigenvalue weighted by molar-refractivity contribution is -0.116. The molecule has 0 spiro atoms. The monoisotopic (exact) mass is 420 g/mol. The zero-order chi connectivity index (χ0) is 21.1. The van der Waals surface area contributed by atoms with Crippen molar-refractivity contribution in [3.8, 4) is 0 Å². The fourth-order valence-electron chi connectivity index (χ4n) is 3.54. The maximum atomic E-state index is 14.1. The van der Waals surface area contributed by atoms with Crippen LogP contribution in [-0.4, -0.2) is 17.6 Å². The third-order valence-corrected chi connectivity index (χ3v) is 6.24. The fraction of sp³-hybridized carbons (Fsp3) is 0.167. The standard InChI is InChI=1S/C24H21FN2O2S/c1-16-20(25)11-6-12-21(16)27-23(29)15-30-24(27)18-9-5-10-19(14-18)26-22(28)13-17-7-3-2-4-8-17/h2-12,14,24H,13,15H2,1H3,(H,26,28)/t24-/m1/s1. The van der Waals surface area contributed by atoms with Crippen LogP contribution in [0.4, 0.5) is 15.8 Å². The van der Waals surface area contributed by atoms with Gasteiger partial charge in [0.2, 0.25) is 11.8 Å². The molecule has 30 heavy (non-hydrogen) atoms. The zero-order valence-corrected chi connectivity index (χ0v) is 17.3. The van der Waals surface area contributed by atoms with Gasteiger partial charge in [0.1, 0.15) is 11.2 Å². The molecule has 3 aromatic carbocycles. The highest BCUT2D eigenvalue weighted by atomic mass is 32.2. The Morgan fingerprint density at radius 2 is 1.87 bits per heavy atom. The first-order chi connectivity index (χ1) is 14.5. The SMILES string of the molecule is Cc1c(F)cccc1N1C(=O)CS[C@@H]1c1cccc(NC(=O)Cc2ccccc2)c1. The molecular formula is C24H21FN2O2S. The van der Waals surface area contributed by atoms with E-state index < -0.39 is 0 Å². The molecule has 1 aliphatic heterocycles. The Kier molecular flexibility index (Phi) is 5.86. The van der Waals surface area contributed by atoms with E-state index in [2.05, 4.69) is 5.32 Å². The third-order valence-electron chi connectivity index (χ3n) is 5.03. The van der Waals surface area contributed by atoms with Crippen molar-refractivity contribution in [1.29, 1.82) is 0 Å². The lowest BCUT2D eigenvalue weighted by Crippen LogP contribution is -2.28. The summed E-state index contributed by atoms with van der Waals surface area (Å²) >= 11 is 1.49. The van der Waals surface area contributed by atoms with E-state index in [0.717, 1.165) is 11.1 Å². The van der Waals surface area contributed by atoms with Crippen LogP contribution in [0.25, 0.3) is 0 Å². The molecule has 1 atom stereocenters. The van der Waals surface area contributed by atoms with E-state index in [1.165, 1.54) is 17.8 Å². The number of hydrogen-bond donors (Lipinski definition) is 1. The smallest absolute Gasteiger partial charge is 0.238 e. The number of benzene rings is 3. The summed E-state index contributed by atoms with van der Waals surface area (Å²) in [6, 6.07) is 21.8. The van der Waals surface area contributed by atoms with Crippen molar-refractivity contribution in [1.82, 2.24) is 0 Å². The summed E-state index contributed by atoms with van der Waals surface area (Å²) in [6.07, 6.45) is 0.288. The minimum atomic E-state index is -0.335. The first kappa shape index (κ1) is 20.2. The predicted octanol–water partition coefficient (Wildman–Crippen LogP) is 5.09. The molecule has 0 radical (unpaired) electrons. The molecule has 1 aliphatic rings. The van der Waals surface area contributed by atoms with Gasteiger partial charge >= 0.3 is 0 Å². The van der Waals surface area contributed by atoms with Crippen LogP contribution in [0, 0.1) is 12.7 Å². The second-order valence-corrected chi connectivity index (χ2v) is 8.22. The Balaban J connectivity index is 1.56. The molecule has 0 saturated carbocycles. The number of halogens is 1. The van der Waals surface area contributed by atoms with Gasteiger partial charge in [-0.15, -0.1) is 11.8 Å². The molecule has 2 amide bonds. The number of anilines is 2. The first-order valence-corrected chi connectivity index (χ1v) is 10.7. The molecule has 0 aliphatic carbocycles. The highest BCUT2D eigenvalue weighted by Crippen LogP contribution is 2.43. The quantitative estimate of drug-likeness (QED) is 0.625. The Morgan fingerprint density at radius 3 is 2.67 bits per heavy atom. The molecule has 0 bridgehead atoms. The number of rotatable bonds is 5. The van der Waals surface area contributed by atoms with Crippen LogP contribution in [0.1, 0.15) is 22.1 Å². The average Bonchev–Trinajstić information content (AvgIpc) is 3.12. The van der Waals surface area contributed by atoms with E-state index in [9.17, 15) is 14.0 Å². The summed E-state index contributed by atoms with van der Waals surface area (Å²) in [6.45, 7) is 1.68. The van der Waals surface area contributed by atoms with Crippen molar-refractivity contribution in [2.24, 2.45) is 0 Å². The highest BCUT2D eigenvalue weighted by molar-refractivity contribution is 8.00. The van der Waals surface area contributed by atoms with Gasteiger partial charge in [-0.3, -0.25) is 14.5 Å². The van der Waals surface area contributed by atoms with E-state index in [0.29, 0.717) is 22.7 Å². The molecule has 152 valence electrons. The molecule has 0 unspecified atom stereocenters. The van der Waals surface area contributed by atoms with Gasteiger partial charge in [0.25, 0.3) is 0 Å². The molecule has 6 heteroatoms. The lowest BCUT2D eigenvalue weighted by atomic mass is 10.1. The van der Waals surface area contributed by atoms with E-state index in [4.69, 9.17) is 0 Å². The number of thioether (sulfide) groups is 1. The number of nitrogens with zero attached hydrogens (tertiary/aromatic N) is 1. The first-order valence-electron chi connectivity index (χ1n) is 9.65. The molecule has 4 rings (SSSR count). The fourth-order valence-corrected chi connectivity index (χ4v) is 4.70. The maximum Gasteiger partial charge on any atom is 0.238 e. The van der Waals surface area contributed by atoms with Gasteiger partial charge in [-0.1, -0.05) is 48.5 Å². The summed E-state index contributed by atoms with van der Waals surface area (Å²) in [7, 11) is 0. The van der Waals surface area contributed by atoms with Crippen LogP contribution in [0.5, 0.6) is 0 Å². The summed E-state index contributed by atoms with van der Waals surface area (Å²) in [5.74, 6) is -0.174. The molecule has 1 heterocycles. The second-order valence-electron chi connectivity index (χ2n) is 7.15. The zero-order valence-electron chi connectivity index (χ0n) is 16.5. The van der Waals surface area contributed by atoms with E-state index in [-0.39, 0.29) is 29.4 Å². The van der Waals surface area contributed by atoms with Gasteiger partial charge < -0.3 is 5.32 Å². The van der Waals surface area contributed by atoms with Crippen molar-refractivity contribution in [2.45, 2.75) is 18.7 Å². The van der Waals surface area contributed by atoms with Gasteiger partial charge in [-0.25, -0.2) is 4.39 Å². The average molecular weight is 421 g/mol. The molecule has 4 nitrogen and oxygen atoms in total. The van der Waals surface area contributed by atoms with Crippen molar-refractivity contribution in [3.05, 3.63) is 95.3 Å². The minimum absolute atomic E-state index is 0.0581. The number of carbonyl (C=O) groups excluding carboxylic acids is 2.